The molecule has 1 aromatic heterocycles. The molecule has 2 N–H and O–H groups in total. The Bertz CT molecular complexity index is 577. The number of para-hydroxylation sites is 1. The molecule has 0 saturated carbocycles. The van der Waals surface area contributed by atoms with Crippen LogP contribution in [-0.4, -0.2) is 21.3 Å². The molecule has 0 unspecified atom stereocenters. The Balaban J connectivity index is 2.13. The maximum atomic E-state index is 5.64. The van der Waals surface area contributed by atoms with E-state index in [-0.39, 0.29) is 0 Å². The van der Waals surface area contributed by atoms with E-state index in [1.54, 1.807) is 0 Å². The molecule has 1 heterocycles. The van der Waals surface area contributed by atoms with Gasteiger partial charge in [0.05, 0.1) is 17.2 Å². The maximum absolute atomic E-state index is 5.64. The molecule has 0 atom stereocenters. The Kier molecular flexibility index (Phi) is 5.33. The van der Waals surface area contributed by atoms with Gasteiger partial charge in [-0.1, -0.05) is 30.4 Å². The first-order chi connectivity index (χ1) is 10.1. The molecule has 0 radical (unpaired) electrons. The molecule has 0 spiro atoms. The first-order valence-electron chi connectivity index (χ1n) is 7.18. The summed E-state index contributed by atoms with van der Waals surface area (Å²) in [5.74, 6) is 0. The van der Waals surface area contributed by atoms with Gasteiger partial charge in [0.15, 0.2) is 0 Å². The molecule has 0 aliphatic rings. The van der Waals surface area contributed by atoms with Gasteiger partial charge in [-0.2, -0.15) is 5.10 Å². The first-order valence-corrected chi connectivity index (χ1v) is 7.59. The van der Waals surface area contributed by atoms with Crippen LogP contribution in [0.5, 0.6) is 0 Å². The van der Waals surface area contributed by atoms with Gasteiger partial charge >= 0.3 is 0 Å². The van der Waals surface area contributed by atoms with Gasteiger partial charge in [-0.3, -0.25) is 4.68 Å². The summed E-state index contributed by atoms with van der Waals surface area (Å²) >= 11 is 5.00. The topological polar surface area (TPSA) is 47.1 Å². The van der Waals surface area contributed by atoms with Crippen molar-refractivity contribution in [1.82, 2.24) is 9.78 Å². The lowest BCUT2D eigenvalue weighted by molar-refractivity contribution is 0.525. The van der Waals surface area contributed by atoms with Crippen molar-refractivity contribution in [2.45, 2.75) is 32.9 Å². The van der Waals surface area contributed by atoms with Crippen LogP contribution in [0, 0.1) is 0 Å². The van der Waals surface area contributed by atoms with Crippen molar-refractivity contribution in [2.75, 3.05) is 11.4 Å². The minimum atomic E-state index is 0.376. The number of aromatic nitrogens is 2. The summed E-state index contributed by atoms with van der Waals surface area (Å²) in [5.41, 5.74) is 7.85. The van der Waals surface area contributed by atoms with Crippen molar-refractivity contribution in [1.29, 1.82) is 0 Å². The highest BCUT2D eigenvalue weighted by molar-refractivity contribution is 7.80. The highest BCUT2D eigenvalue weighted by Gasteiger charge is 2.10. The molecule has 1 aromatic carbocycles. The van der Waals surface area contributed by atoms with Crippen LogP contribution in [0.2, 0.25) is 0 Å². The third kappa shape index (κ3) is 4.56. The average Bonchev–Trinajstić information content (AvgIpc) is 2.93. The largest absolute Gasteiger partial charge is 0.393 e. The molecule has 2 rings (SSSR count). The second kappa shape index (κ2) is 7.22. The van der Waals surface area contributed by atoms with E-state index >= 15 is 0 Å². The molecule has 0 aliphatic carbocycles. The number of thiocarbonyl (C=S) groups is 1. The highest BCUT2D eigenvalue weighted by Crippen LogP contribution is 2.17. The highest BCUT2D eigenvalue weighted by atomic mass is 32.1. The SMILES string of the molecule is CC(C)n1ccc(CN(CCC(N)=S)c2ccccc2)n1. The minimum absolute atomic E-state index is 0.376. The fraction of sp³-hybridized carbons (Fsp3) is 0.375. The second-order valence-electron chi connectivity index (χ2n) is 5.35. The zero-order chi connectivity index (χ0) is 15.2. The fourth-order valence-electron chi connectivity index (χ4n) is 2.13. The van der Waals surface area contributed by atoms with E-state index in [1.165, 1.54) is 0 Å². The van der Waals surface area contributed by atoms with Crippen LogP contribution >= 0.6 is 12.2 Å². The predicted octanol–water partition coefficient (Wildman–Crippen LogP) is 3.15. The molecule has 0 bridgehead atoms. The third-order valence-corrected chi connectivity index (χ3v) is 3.50. The molecule has 4 nitrogen and oxygen atoms in total. The summed E-state index contributed by atoms with van der Waals surface area (Å²) in [4.78, 5) is 2.80. The quantitative estimate of drug-likeness (QED) is 0.798. The van der Waals surface area contributed by atoms with Crippen molar-refractivity contribution in [3.63, 3.8) is 0 Å². The van der Waals surface area contributed by atoms with Gasteiger partial charge in [-0.15, -0.1) is 0 Å². The third-order valence-electron chi connectivity index (χ3n) is 3.29. The van der Waals surface area contributed by atoms with E-state index in [9.17, 15) is 0 Å². The molecule has 0 amide bonds. The monoisotopic (exact) mass is 302 g/mol. The van der Waals surface area contributed by atoms with E-state index in [1.807, 2.05) is 29.1 Å². The second-order valence-corrected chi connectivity index (χ2v) is 5.88. The lowest BCUT2D eigenvalue weighted by atomic mass is 10.2. The molecule has 112 valence electrons. The van der Waals surface area contributed by atoms with Crippen molar-refractivity contribution in [2.24, 2.45) is 5.73 Å². The van der Waals surface area contributed by atoms with Crippen molar-refractivity contribution >= 4 is 22.9 Å². The average molecular weight is 302 g/mol. The predicted molar refractivity (Wildman–Crippen MR) is 91.5 cm³/mol. The van der Waals surface area contributed by atoms with Crippen molar-refractivity contribution < 1.29 is 0 Å². The maximum Gasteiger partial charge on any atom is 0.0817 e. The molecular formula is C16H22N4S. The standard InChI is InChI=1S/C16H22N4S/c1-13(2)20-11-8-14(18-20)12-19(10-9-16(17)21)15-6-4-3-5-7-15/h3-8,11,13H,9-10,12H2,1-2H3,(H2,17,21). The zero-order valence-corrected chi connectivity index (χ0v) is 13.4. The molecule has 0 saturated heterocycles. The smallest absolute Gasteiger partial charge is 0.0817 e. The van der Waals surface area contributed by atoms with Crippen LogP contribution in [-0.2, 0) is 6.54 Å². The summed E-state index contributed by atoms with van der Waals surface area (Å²) in [5, 5.41) is 4.61. The number of hydrogen-bond donors (Lipinski definition) is 1. The minimum Gasteiger partial charge on any atom is -0.393 e. The number of rotatable bonds is 7. The van der Waals surface area contributed by atoms with Gasteiger partial charge in [0.1, 0.15) is 0 Å². The molecule has 2 aromatic rings. The summed E-state index contributed by atoms with van der Waals surface area (Å²) in [6.45, 7) is 5.80. The Labute approximate surface area is 131 Å². The van der Waals surface area contributed by atoms with Crippen LogP contribution in [0.1, 0.15) is 32.0 Å². The summed E-state index contributed by atoms with van der Waals surface area (Å²) in [6.07, 6.45) is 2.73. The summed E-state index contributed by atoms with van der Waals surface area (Å²) in [7, 11) is 0. The number of nitrogens with two attached hydrogens (primary N) is 1. The molecule has 21 heavy (non-hydrogen) atoms. The van der Waals surface area contributed by atoms with Gasteiger partial charge in [0, 0.05) is 30.9 Å². The van der Waals surface area contributed by atoms with Crippen LogP contribution < -0.4 is 10.6 Å². The van der Waals surface area contributed by atoms with Crippen LogP contribution in [0.15, 0.2) is 42.6 Å². The van der Waals surface area contributed by atoms with Gasteiger partial charge in [0.25, 0.3) is 0 Å². The van der Waals surface area contributed by atoms with Crippen molar-refractivity contribution in [3.05, 3.63) is 48.3 Å². The molecular weight excluding hydrogens is 280 g/mol. The van der Waals surface area contributed by atoms with Crippen LogP contribution in [0.25, 0.3) is 0 Å². The normalized spacial score (nSPS) is 10.8. The van der Waals surface area contributed by atoms with E-state index in [0.29, 0.717) is 17.5 Å². The van der Waals surface area contributed by atoms with E-state index in [0.717, 1.165) is 24.5 Å². The van der Waals surface area contributed by atoms with E-state index < -0.39 is 0 Å². The van der Waals surface area contributed by atoms with Gasteiger partial charge in [0.2, 0.25) is 0 Å². The van der Waals surface area contributed by atoms with Crippen LogP contribution in [0.4, 0.5) is 5.69 Å². The lowest BCUT2D eigenvalue weighted by Gasteiger charge is -2.23. The van der Waals surface area contributed by atoms with Gasteiger partial charge in [-0.05, 0) is 32.0 Å². The zero-order valence-electron chi connectivity index (χ0n) is 12.6. The Hall–Kier alpha value is -1.88. The van der Waals surface area contributed by atoms with E-state index in [2.05, 4.69) is 42.0 Å². The molecule has 5 heteroatoms. The number of anilines is 1. The number of benzene rings is 1. The number of nitrogens with zero attached hydrogens (tertiary/aromatic N) is 3. The first kappa shape index (κ1) is 15.5. The molecule has 0 aliphatic heterocycles. The number of hydrogen-bond acceptors (Lipinski definition) is 3. The van der Waals surface area contributed by atoms with E-state index in [4.69, 9.17) is 18.0 Å². The fourth-order valence-corrected chi connectivity index (χ4v) is 2.22. The summed E-state index contributed by atoms with van der Waals surface area (Å²) in [6, 6.07) is 12.7. The molecule has 0 fully saturated rings. The lowest BCUT2D eigenvalue weighted by Crippen LogP contribution is -2.27. The van der Waals surface area contributed by atoms with Gasteiger partial charge < -0.3 is 10.6 Å². The Morgan fingerprint density at radius 1 is 1.29 bits per heavy atom. The Morgan fingerprint density at radius 3 is 2.57 bits per heavy atom. The Morgan fingerprint density at radius 2 is 2.00 bits per heavy atom. The summed E-state index contributed by atoms with van der Waals surface area (Å²) < 4.78 is 1.98. The van der Waals surface area contributed by atoms with Crippen LogP contribution in [0.3, 0.4) is 0 Å². The van der Waals surface area contributed by atoms with Gasteiger partial charge in [-0.25, -0.2) is 0 Å². The van der Waals surface area contributed by atoms with Crippen molar-refractivity contribution in [3.8, 4) is 0 Å².